The quantitative estimate of drug-likeness (QED) is 0.871. The lowest BCUT2D eigenvalue weighted by atomic mass is 9.98. The maximum absolute atomic E-state index is 6.52. The molecule has 98 valence electrons. The van der Waals surface area contributed by atoms with E-state index in [2.05, 4.69) is 23.1 Å². The van der Waals surface area contributed by atoms with Gasteiger partial charge in [0.1, 0.15) is 5.75 Å². The molecule has 1 aliphatic heterocycles. The number of anilines is 1. The van der Waals surface area contributed by atoms with Crippen LogP contribution < -0.4 is 15.4 Å². The zero-order valence-electron chi connectivity index (χ0n) is 10.9. The monoisotopic (exact) mass is 246 g/mol. The lowest BCUT2D eigenvalue weighted by Gasteiger charge is -2.33. The third-order valence-electron chi connectivity index (χ3n) is 4.14. The van der Waals surface area contributed by atoms with Crippen molar-refractivity contribution in [3.63, 3.8) is 0 Å². The van der Waals surface area contributed by atoms with Crippen LogP contribution >= 0.6 is 0 Å². The molecule has 3 rings (SSSR count). The highest BCUT2D eigenvalue weighted by molar-refractivity contribution is 5.59. The van der Waals surface area contributed by atoms with Crippen molar-refractivity contribution in [3.8, 4) is 5.75 Å². The molecule has 1 aliphatic carbocycles. The Kier molecular flexibility index (Phi) is 3.16. The first kappa shape index (κ1) is 11.8. The molecule has 3 heteroatoms. The molecule has 1 heterocycles. The summed E-state index contributed by atoms with van der Waals surface area (Å²) in [6.45, 7) is 2.83. The van der Waals surface area contributed by atoms with Gasteiger partial charge in [-0.2, -0.15) is 0 Å². The van der Waals surface area contributed by atoms with Crippen LogP contribution in [0.15, 0.2) is 24.3 Å². The molecule has 0 amide bonds. The number of nitrogens with two attached hydrogens (primary N) is 1. The molecule has 0 spiro atoms. The molecule has 0 aromatic heterocycles. The molecule has 0 radical (unpaired) electrons. The molecule has 0 atom stereocenters. The number of fused-ring (bicyclic) bond motifs is 1. The molecule has 1 saturated carbocycles. The second kappa shape index (κ2) is 4.81. The SMILES string of the molecule is NC1(CN2CCCOc3ccccc32)CCCC1. The van der Waals surface area contributed by atoms with Crippen molar-refractivity contribution >= 4 is 5.69 Å². The molecule has 1 aromatic rings. The van der Waals surface area contributed by atoms with Gasteiger partial charge in [-0.3, -0.25) is 0 Å². The molecule has 0 bridgehead atoms. The topological polar surface area (TPSA) is 38.5 Å². The normalized spacial score (nSPS) is 22.2. The Morgan fingerprint density at radius 2 is 1.94 bits per heavy atom. The fourth-order valence-corrected chi connectivity index (χ4v) is 3.18. The van der Waals surface area contributed by atoms with E-state index in [9.17, 15) is 0 Å². The largest absolute Gasteiger partial charge is 0.491 e. The highest BCUT2D eigenvalue weighted by Crippen LogP contribution is 2.34. The Labute approximate surface area is 109 Å². The number of hydrogen-bond donors (Lipinski definition) is 1. The summed E-state index contributed by atoms with van der Waals surface area (Å²) in [5, 5.41) is 0. The second-order valence-electron chi connectivity index (χ2n) is 5.66. The van der Waals surface area contributed by atoms with Crippen molar-refractivity contribution in [1.82, 2.24) is 0 Å². The smallest absolute Gasteiger partial charge is 0.142 e. The standard InChI is InChI=1S/C15H22N2O/c16-15(8-3-4-9-15)12-17-10-5-11-18-14-7-2-1-6-13(14)17/h1-2,6-7H,3-5,8-12,16H2. The van der Waals surface area contributed by atoms with E-state index >= 15 is 0 Å². The van der Waals surface area contributed by atoms with Crippen LogP contribution in [-0.2, 0) is 0 Å². The van der Waals surface area contributed by atoms with Gasteiger partial charge >= 0.3 is 0 Å². The number of hydrogen-bond acceptors (Lipinski definition) is 3. The van der Waals surface area contributed by atoms with Crippen LogP contribution in [0.2, 0.25) is 0 Å². The van der Waals surface area contributed by atoms with Crippen LogP contribution in [0, 0.1) is 0 Å². The first-order valence-electron chi connectivity index (χ1n) is 7.03. The minimum absolute atomic E-state index is 0.0114. The van der Waals surface area contributed by atoms with Crippen LogP contribution in [-0.4, -0.2) is 25.2 Å². The number of para-hydroxylation sites is 2. The van der Waals surface area contributed by atoms with Gasteiger partial charge in [0, 0.05) is 18.6 Å². The van der Waals surface area contributed by atoms with Crippen LogP contribution in [0.1, 0.15) is 32.1 Å². The summed E-state index contributed by atoms with van der Waals surface area (Å²) in [5.41, 5.74) is 7.74. The zero-order chi connectivity index (χ0) is 12.4. The molecule has 2 N–H and O–H groups in total. The Bertz CT molecular complexity index is 413. The fourth-order valence-electron chi connectivity index (χ4n) is 3.18. The van der Waals surface area contributed by atoms with Gasteiger partial charge in [0.2, 0.25) is 0 Å². The highest BCUT2D eigenvalue weighted by Gasteiger charge is 2.32. The molecule has 18 heavy (non-hydrogen) atoms. The van der Waals surface area contributed by atoms with Gasteiger partial charge in [-0.05, 0) is 31.4 Å². The van der Waals surface area contributed by atoms with E-state index in [0.717, 1.165) is 44.7 Å². The minimum atomic E-state index is 0.0114. The lowest BCUT2D eigenvalue weighted by Crippen LogP contribution is -2.48. The van der Waals surface area contributed by atoms with Crippen molar-refractivity contribution < 1.29 is 4.74 Å². The van der Waals surface area contributed by atoms with E-state index in [-0.39, 0.29) is 5.54 Å². The van der Waals surface area contributed by atoms with E-state index < -0.39 is 0 Å². The van der Waals surface area contributed by atoms with Crippen LogP contribution in [0.3, 0.4) is 0 Å². The van der Waals surface area contributed by atoms with E-state index in [1.54, 1.807) is 0 Å². The fraction of sp³-hybridized carbons (Fsp3) is 0.600. The molecule has 1 fully saturated rings. The van der Waals surface area contributed by atoms with Gasteiger partial charge in [-0.1, -0.05) is 25.0 Å². The first-order valence-corrected chi connectivity index (χ1v) is 7.03. The van der Waals surface area contributed by atoms with Gasteiger partial charge in [0.05, 0.1) is 12.3 Å². The van der Waals surface area contributed by atoms with Gasteiger partial charge < -0.3 is 15.4 Å². The number of nitrogens with zero attached hydrogens (tertiary/aromatic N) is 1. The summed E-state index contributed by atoms with van der Waals surface area (Å²) in [4.78, 5) is 2.42. The molecule has 2 aliphatic rings. The Balaban J connectivity index is 1.83. The first-order chi connectivity index (χ1) is 8.77. The van der Waals surface area contributed by atoms with Gasteiger partial charge in [-0.15, -0.1) is 0 Å². The summed E-state index contributed by atoms with van der Waals surface area (Å²) in [6.07, 6.45) is 5.95. The van der Waals surface area contributed by atoms with Crippen molar-refractivity contribution in [1.29, 1.82) is 0 Å². The molecular formula is C15H22N2O. The molecule has 1 aromatic carbocycles. The van der Waals surface area contributed by atoms with Crippen LogP contribution in [0.25, 0.3) is 0 Å². The van der Waals surface area contributed by atoms with Gasteiger partial charge in [0.25, 0.3) is 0 Å². The minimum Gasteiger partial charge on any atom is -0.491 e. The van der Waals surface area contributed by atoms with Gasteiger partial charge in [-0.25, -0.2) is 0 Å². The van der Waals surface area contributed by atoms with Crippen molar-refractivity contribution in [3.05, 3.63) is 24.3 Å². The van der Waals surface area contributed by atoms with Crippen molar-refractivity contribution in [2.45, 2.75) is 37.6 Å². The molecular weight excluding hydrogens is 224 g/mol. The Morgan fingerprint density at radius 3 is 2.78 bits per heavy atom. The average Bonchev–Trinajstić information content (AvgIpc) is 2.70. The van der Waals surface area contributed by atoms with E-state index in [0.29, 0.717) is 0 Å². The number of benzene rings is 1. The van der Waals surface area contributed by atoms with Crippen molar-refractivity contribution in [2.24, 2.45) is 5.73 Å². The third-order valence-corrected chi connectivity index (χ3v) is 4.14. The van der Waals surface area contributed by atoms with Crippen LogP contribution in [0.4, 0.5) is 5.69 Å². The lowest BCUT2D eigenvalue weighted by molar-refractivity contribution is 0.322. The summed E-state index contributed by atoms with van der Waals surface area (Å²) < 4.78 is 5.79. The van der Waals surface area contributed by atoms with Gasteiger partial charge in [0.15, 0.2) is 0 Å². The van der Waals surface area contributed by atoms with Crippen LogP contribution in [0.5, 0.6) is 5.75 Å². The maximum Gasteiger partial charge on any atom is 0.142 e. The summed E-state index contributed by atoms with van der Waals surface area (Å²) in [5.74, 6) is 1.01. The predicted octanol–water partition coefficient (Wildman–Crippen LogP) is 2.55. The number of rotatable bonds is 2. The summed E-state index contributed by atoms with van der Waals surface area (Å²) >= 11 is 0. The average molecular weight is 246 g/mol. The van der Waals surface area contributed by atoms with E-state index in [1.807, 2.05) is 6.07 Å². The third kappa shape index (κ3) is 2.32. The summed E-state index contributed by atoms with van der Waals surface area (Å²) in [7, 11) is 0. The summed E-state index contributed by atoms with van der Waals surface area (Å²) in [6, 6.07) is 8.33. The molecule has 0 unspecified atom stereocenters. The zero-order valence-corrected chi connectivity index (χ0v) is 10.9. The van der Waals surface area contributed by atoms with E-state index in [1.165, 1.54) is 18.5 Å². The second-order valence-corrected chi connectivity index (χ2v) is 5.66. The Hall–Kier alpha value is -1.22. The van der Waals surface area contributed by atoms with E-state index in [4.69, 9.17) is 10.5 Å². The highest BCUT2D eigenvalue weighted by atomic mass is 16.5. The maximum atomic E-state index is 6.52. The number of ether oxygens (including phenoxy) is 1. The molecule has 0 saturated heterocycles. The Morgan fingerprint density at radius 1 is 1.17 bits per heavy atom. The van der Waals surface area contributed by atoms with Crippen molar-refractivity contribution in [2.75, 3.05) is 24.6 Å². The predicted molar refractivity (Wildman–Crippen MR) is 74.2 cm³/mol. The molecule has 3 nitrogen and oxygen atoms in total.